The van der Waals surface area contributed by atoms with Crippen LogP contribution in [-0.4, -0.2) is 21.0 Å². The van der Waals surface area contributed by atoms with Crippen molar-refractivity contribution in [3.63, 3.8) is 0 Å². The van der Waals surface area contributed by atoms with Gasteiger partial charge < -0.3 is 10.1 Å². The lowest BCUT2D eigenvalue weighted by molar-refractivity contribution is 0.0697. The Morgan fingerprint density at radius 2 is 2.12 bits per heavy atom. The normalized spacial score (nSPS) is 16.8. The number of nitrogens with zero attached hydrogens (tertiary/aromatic N) is 1. The van der Waals surface area contributed by atoms with E-state index in [4.69, 9.17) is 5.11 Å². The molecule has 0 saturated heterocycles. The molecular formula is C19H18N2O3S. The summed E-state index contributed by atoms with van der Waals surface area (Å²) >= 11 is 1.62. The summed E-state index contributed by atoms with van der Waals surface area (Å²) in [6.07, 6.45) is 4.28. The summed E-state index contributed by atoms with van der Waals surface area (Å²) in [6, 6.07) is 6.39. The highest BCUT2D eigenvalue weighted by Gasteiger charge is 2.24. The molecule has 1 atom stereocenters. The number of nitrogens with one attached hydrogen (secondary N) is 1. The predicted octanol–water partition coefficient (Wildman–Crippen LogP) is 3.86. The number of carbonyl (C=O) groups is 1. The van der Waals surface area contributed by atoms with Crippen LogP contribution in [0.4, 0.5) is 0 Å². The van der Waals surface area contributed by atoms with Crippen molar-refractivity contribution < 1.29 is 9.90 Å². The quantitative estimate of drug-likeness (QED) is 0.748. The van der Waals surface area contributed by atoms with Gasteiger partial charge in [-0.05, 0) is 42.9 Å². The van der Waals surface area contributed by atoms with E-state index in [2.05, 4.69) is 16.9 Å². The van der Waals surface area contributed by atoms with Crippen molar-refractivity contribution in [2.75, 3.05) is 0 Å². The minimum Gasteiger partial charge on any atom is -0.478 e. The first-order valence-corrected chi connectivity index (χ1v) is 9.26. The van der Waals surface area contributed by atoms with Gasteiger partial charge in [-0.3, -0.25) is 4.79 Å². The molecular weight excluding hydrogens is 336 g/mol. The minimum atomic E-state index is -0.972. The van der Waals surface area contributed by atoms with Gasteiger partial charge in [-0.1, -0.05) is 25.5 Å². The molecule has 25 heavy (non-hydrogen) atoms. The van der Waals surface area contributed by atoms with Gasteiger partial charge in [0, 0.05) is 10.4 Å². The van der Waals surface area contributed by atoms with Crippen LogP contribution in [-0.2, 0) is 12.8 Å². The maximum Gasteiger partial charge on any atom is 0.335 e. The van der Waals surface area contributed by atoms with Gasteiger partial charge in [0.25, 0.3) is 5.56 Å². The van der Waals surface area contributed by atoms with Crippen molar-refractivity contribution in [1.82, 2.24) is 9.97 Å². The van der Waals surface area contributed by atoms with Gasteiger partial charge in [-0.2, -0.15) is 0 Å². The Hall–Kier alpha value is -2.47. The van der Waals surface area contributed by atoms with E-state index in [-0.39, 0.29) is 11.1 Å². The summed E-state index contributed by atoms with van der Waals surface area (Å²) in [4.78, 5) is 33.2. The van der Waals surface area contributed by atoms with Crippen LogP contribution in [0, 0.1) is 5.92 Å². The van der Waals surface area contributed by atoms with Gasteiger partial charge in [0.15, 0.2) is 0 Å². The summed E-state index contributed by atoms with van der Waals surface area (Å²) < 4.78 is 0. The molecule has 3 aromatic rings. The summed E-state index contributed by atoms with van der Waals surface area (Å²) in [6.45, 7) is 2.22. The maximum absolute atomic E-state index is 12.6. The molecule has 2 N–H and O–H groups in total. The van der Waals surface area contributed by atoms with Crippen LogP contribution < -0.4 is 5.56 Å². The number of aromatic carboxylic acids is 1. The molecule has 4 rings (SSSR count). The number of fused-ring (bicyclic) bond motifs is 3. The van der Waals surface area contributed by atoms with Crippen LogP contribution in [0.2, 0.25) is 0 Å². The van der Waals surface area contributed by atoms with Crippen molar-refractivity contribution in [3.8, 4) is 11.4 Å². The zero-order chi connectivity index (χ0) is 17.6. The summed E-state index contributed by atoms with van der Waals surface area (Å²) in [5.41, 5.74) is 1.99. The predicted molar refractivity (Wildman–Crippen MR) is 98.4 cm³/mol. The number of carboxylic acids is 1. The molecule has 0 fully saturated rings. The smallest absolute Gasteiger partial charge is 0.335 e. The highest BCUT2D eigenvalue weighted by atomic mass is 32.1. The lowest BCUT2D eigenvalue weighted by Gasteiger charge is -2.20. The number of H-pyrrole nitrogens is 1. The van der Waals surface area contributed by atoms with Gasteiger partial charge >= 0.3 is 5.97 Å². The molecule has 1 aromatic carbocycles. The third kappa shape index (κ3) is 2.76. The van der Waals surface area contributed by atoms with Crippen LogP contribution in [0.15, 0.2) is 29.1 Å². The Kier molecular flexibility index (Phi) is 3.92. The molecule has 2 aromatic heterocycles. The monoisotopic (exact) mass is 354 g/mol. The summed E-state index contributed by atoms with van der Waals surface area (Å²) in [5.74, 6) is 0.211. The number of benzene rings is 1. The van der Waals surface area contributed by atoms with E-state index < -0.39 is 5.97 Å². The van der Waals surface area contributed by atoms with E-state index in [0.717, 1.165) is 29.5 Å². The SMILES string of the molecule is CC[C@H]1CCc2c(sc3nc(-c4ccc(C(=O)O)cc4)[nH]c(=O)c23)C1. The fraction of sp³-hybridized carbons (Fsp3) is 0.316. The average Bonchev–Trinajstić information content (AvgIpc) is 2.99. The molecule has 0 unspecified atom stereocenters. The van der Waals surface area contributed by atoms with E-state index in [9.17, 15) is 9.59 Å². The third-order valence-electron chi connectivity index (χ3n) is 5.00. The van der Waals surface area contributed by atoms with Crippen LogP contribution in [0.3, 0.4) is 0 Å². The van der Waals surface area contributed by atoms with Gasteiger partial charge in [0.2, 0.25) is 0 Å². The number of aryl methyl sites for hydroxylation is 1. The lowest BCUT2D eigenvalue weighted by atomic mass is 9.86. The molecule has 0 amide bonds. The molecule has 6 heteroatoms. The number of carboxylic acid groups (broad SMARTS) is 1. The third-order valence-corrected chi connectivity index (χ3v) is 6.15. The molecule has 0 bridgehead atoms. The fourth-order valence-corrected chi connectivity index (χ4v) is 4.84. The topological polar surface area (TPSA) is 83.0 Å². The second-order valence-corrected chi connectivity index (χ2v) is 7.58. The van der Waals surface area contributed by atoms with Crippen LogP contribution in [0.5, 0.6) is 0 Å². The molecule has 0 saturated carbocycles. The van der Waals surface area contributed by atoms with Crippen LogP contribution >= 0.6 is 11.3 Å². The maximum atomic E-state index is 12.6. The molecule has 1 aliphatic rings. The molecule has 2 heterocycles. The number of rotatable bonds is 3. The zero-order valence-electron chi connectivity index (χ0n) is 13.8. The Morgan fingerprint density at radius 1 is 1.36 bits per heavy atom. The Morgan fingerprint density at radius 3 is 2.80 bits per heavy atom. The van der Waals surface area contributed by atoms with E-state index in [1.54, 1.807) is 23.5 Å². The minimum absolute atomic E-state index is 0.102. The van der Waals surface area contributed by atoms with Gasteiger partial charge in [-0.25, -0.2) is 9.78 Å². The van der Waals surface area contributed by atoms with Crippen molar-refractivity contribution in [2.24, 2.45) is 5.92 Å². The van der Waals surface area contributed by atoms with Gasteiger partial charge in [0.1, 0.15) is 10.7 Å². The van der Waals surface area contributed by atoms with Crippen molar-refractivity contribution in [2.45, 2.75) is 32.6 Å². The largest absolute Gasteiger partial charge is 0.478 e. The van der Waals surface area contributed by atoms with E-state index in [0.29, 0.717) is 17.3 Å². The van der Waals surface area contributed by atoms with E-state index >= 15 is 0 Å². The Bertz CT molecular complexity index is 1020. The first kappa shape index (κ1) is 16.0. The van der Waals surface area contributed by atoms with Crippen LogP contribution in [0.25, 0.3) is 21.6 Å². The number of hydrogen-bond donors (Lipinski definition) is 2. The fourth-order valence-electron chi connectivity index (χ4n) is 3.51. The van der Waals surface area contributed by atoms with E-state index in [1.165, 1.54) is 29.0 Å². The number of aromatic amines is 1. The highest BCUT2D eigenvalue weighted by molar-refractivity contribution is 7.18. The zero-order valence-corrected chi connectivity index (χ0v) is 14.7. The number of hydrogen-bond acceptors (Lipinski definition) is 4. The van der Waals surface area contributed by atoms with Crippen molar-refractivity contribution in [3.05, 3.63) is 50.6 Å². The molecule has 0 spiro atoms. The van der Waals surface area contributed by atoms with Crippen LogP contribution in [0.1, 0.15) is 40.6 Å². The second-order valence-electron chi connectivity index (χ2n) is 6.50. The molecule has 1 aliphatic carbocycles. The number of thiophene rings is 1. The second kappa shape index (κ2) is 6.11. The Labute approximate surface area is 148 Å². The molecule has 0 aliphatic heterocycles. The molecule has 0 radical (unpaired) electrons. The van der Waals surface area contributed by atoms with Crippen molar-refractivity contribution in [1.29, 1.82) is 0 Å². The average molecular weight is 354 g/mol. The Balaban J connectivity index is 1.80. The molecule has 128 valence electrons. The lowest BCUT2D eigenvalue weighted by Crippen LogP contribution is -2.14. The molecule has 5 nitrogen and oxygen atoms in total. The first-order chi connectivity index (χ1) is 12.1. The van der Waals surface area contributed by atoms with Gasteiger partial charge in [-0.15, -0.1) is 11.3 Å². The van der Waals surface area contributed by atoms with Crippen molar-refractivity contribution >= 4 is 27.5 Å². The summed E-state index contributed by atoms with van der Waals surface area (Å²) in [7, 11) is 0. The first-order valence-electron chi connectivity index (χ1n) is 8.45. The highest BCUT2D eigenvalue weighted by Crippen LogP contribution is 2.37. The number of aromatic nitrogens is 2. The van der Waals surface area contributed by atoms with E-state index in [1.807, 2.05) is 0 Å². The van der Waals surface area contributed by atoms with Gasteiger partial charge in [0.05, 0.1) is 10.9 Å². The summed E-state index contributed by atoms with van der Waals surface area (Å²) in [5, 5.41) is 9.73. The standard InChI is InChI=1S/C19H18N2O3S/c1-2-10-3-8-13-14(9-10)25-18-15(13)17(22)20-16(21-18)11-4-6-12(7-5-11)19(23)24/h4-7,10H,2-3,8-9H2,1H3,(H,23,24)(H,20,21,22)/t10-/m0/s1.